The van der Waals surface area contributed by atoms with Crippen LogP contribution >= 0.6 is 11.8 Å². The Bertz CT molecular complexity index is 655. The molecule has 1 amide bonds. The summed E-state index contributed by atoms with van der Waals surface area (Å²) in [5.41, 5.74) is -0.273. The molecule has 0 radical (unpaired) electrons. The first-order chi connectivity index (χ1) is 12.1. The van der Waals surface area contributed by atoms with E-state index >= 15 is 0 Å². The maximum absolute atomic E-state index is 12.1. The third kappa shape index (κ3) is 7.86. The molecule has 144 valence electrons. The van der Waals surface area contributed by atoms with E-state index in [4.69, 9.17) is 4.74 Å². The fraction of sp³-hybridized carbons (Fsp3) is 0.556. The Morgan fingerprint density at radius 3 is 2.50 bits per heavy atom. The van der Waals surface area contributed by atoms with Crippen molar-refractivity contribution >= 4 is 29.3 Å². The monoisotopic (exact) mass is 382 g/mol. The van der Waals surface area contributed by atoms with E-state index in [1.807, 2.05) is 20.8 Å². The number of nitrogens with one attached hydrogen (secondary N) is 1. The molecule has 8 heteroatoms. The van der Waals surface area contributed by atoms with Crippen molar-refractivity contribution in [2.45, 2.75) is 57.0 Å². The number of ether oxygens (including phenoxy) is 1. The first-order valence-corrected chi connectivity index (χ1v) is 9.69. The summed E-state index contributed by atoms with van der Waals surface area (Å²) in [5.74, 6) is -0.560. The molecule has 0 spiro atoms. The maximum atomic E-state index is 12.1. The van der Waals surface area contributed by atoms with Gasteiger partial charge in [-0.05, 0) is 52.0 Å². The molecule has 1 N–H and O–H groups in total. The van der Waals surface area contributed by atoms with Gasteiger partial charge in [0.25, 0.3) is 11.6 Å². The van der Waals surface area contributed by atoms with Crippen molar-refractivity contribution in [2.75, 3.05) is 12.8 Å². The minimum absolute atomic E-state index is 0.0671. The Morgan fingerprint density at radius 2 is 1.92 bits per heavy atom. The molecule has 1 aromatic carbocycles. The lowest BCUT2D eigenvalue weighted by Gasteiger charge is -2.19. The summed E-state index contributed by atoms with van der Waals surface area (Å²) in [6, 6.07) is 4.46. The molecule has 0 atom stereocenters. The minimum Gasteiger partial charge on any atom is -0.460 e. The van der Waals surface area contributed by atoms with Gasteiger partial charge in [0.2, 0.25) is 0 Å². The third-order valence-corrected chi connectivity index (χ3v) is 4.19. The highest BCUT2D eigenvalue weighted by molar-refractivity contribution is 7.98. The second-order valence-corrected chi connectivity index (χ2v) is 7.64. The van der Waals surface area contributed by atoms with Crippen molar-refractivity contribution in [3.05, 3.63) is 33.9 Å². The number of nitrogens with zero attached hydrogens (tertiary/aromatic N) is 1. The maximum Gasteiger partial charge on any atom is 0.306 e. The van der Waals surface area contributed by atoms with Gasteiger partial charge in [0.1, 0.15) is 5.60 Å². The topological polar surface area (TPSA) is 98.5 Å². The Morgan fingerprint density at radius 1 is 1.23 bits per heavy atom. The number of carbonyl (C=O) groups is 2. The molecule has 7 nitrogen and oxygen atoms in total. The number of thioether (sulfide) groups is 1. The van der Waals surface area contributed by atoms with Crippen molar-refractivity contribution in [3.8, 4) is 0 Å². The van der Waals surface area contributed by atoms with Crippen LogP contribution < -0.4 is 5.32 Å². The van der Waals surface area contributed by atoms with Crippen molar-refractivity contribution in [3.63, 3.8) is 0 Å². The predicted octanol–water partition coefficient (Wildman–Crippen LogP) is 3.95. The zero-order valence-corrected chi connectivity index (χ0v) is 16.5. The Balaban J connectivity index is 2.36. The van der Waals surface area contributed by atoms with Gasteiger partial charge in [-0.2, -0.15) is 0 Å². The van der Waals surface area contributed by atoms with Gasteiger partial charge in [-0.25, -0.2) is 0 Å². The number of carbonyl (C=O) groups excluding carboxylic acids is 2. The molecule has 26 heavy (non-hydrogen) atoms. The van der Waals surface area contributed by atoms with E-state index in [9.17, 15) is 19.7 Å². The van der Waals surface area contributed by atoms with Crippen LogP contribution in [0.4, 0.5) is 5.69 Å². The van der Waals surface area contributed by atoms with E-state index in [2.05, 4.69) is 5.32 Å². The average Bonchev–Trinajstić information content (AvgIpc) is 2.55. The van der Waals surface area contributed by atoms with E-state index in [-0.39, 0.29) is 23.1 Å². The molecular weight excluding hydrogens is 356 g/mol. The third-order valence-electron chi connectivity index (χ3n) is 3.40. The van der Waals surface area contributed by atoms with Crippen LogP contribution in [0.15, 0.2) is 23.1 Å². The normalized spacial score (nSPS) is 11.1. The zero-order chi connectivity index (χ0) is 19.7. The summed E-state index contributed by atoms with van der Waals surface area (Å²) in [6.07, 6.45) is 4.30. The standard InChI is InChI=1S/C18H26N2O5S/c1-18(2,3)25-16(21)8-6-5-7-11-19-17(22)13-9-10-15(26-4)14(12-13)20(23)24/h9-10,12H,5-8,11H2,1-4H3,(H,19,22). The van der Waals surface area contributed by atoms with Crippen LogP contribution in [0.25, 0.3) is 0 Å². The molecule has 0 aromatic heterocycles. The van der Waals surface area contributed by atoms with Gasteiger partial charge in [-0.15, -0.1) is 11.8 Å². The minimum atomic E-state index is -0.487. The lowest BCUT2D eigenvalue weighted by Crippen LogP contribution is -2.25. The number of esters is 1. The quantitative estimate of drug-likeness (QED) is 0.228. The first kappa shape index (κ1) is 22.0. The number of nitro benzene ring substituents is 1. The average molecular weight is 382 g/mol. The summed E-state index contributed by atoms with van der Waals surface area (Å²) in [7, 11) is 0. The highest BCUT2D eigenvalue weighted by atomic mass is 32.2. The van der Waals surface area contributed by atoms with Gasteiger partial charge >= 0.3 is 5.97 Å². The lowest BCUT2D eigenvalue weighted by atomic mass is 10.1. The Kier molecular flexibility index (Phi) is 8.57. The lowest BCUT2D eigenvalue weighted by molar-refractivity contribution is -0.387. The number of nitro groups is 1. The van der Waals surface area contributed by atoms with Gasteiger partial charge in [0.05, 0.1) is 9.82 Å². The number of hydrogen-bond donors (Lipinski definition) is 1. The predicted molar refractivity (Wildman–Crippen MR) is 102 cm³/mol. The second kappa shape index (κ2) is 10.2. The molecule has 0 aliphatic rings. The van der Waals surface area contributed by atoms with Crippen molar-refractivity contribution < 1.29 is 19.2 Å². The molecule has 0 unspecified atom stereocenters. The largest absolute Gasteiger partial charge is 0.460 e. The molecule has 0 aliphatic heterocycles. The van der Waals surface area contributed by atoms with E-state index in [1.54, 1.807) is 18.4 Å². The van der Waals surface area contributed by atoms with E-state index < -0.39 is 10.5 Å². The number of amides is 1. The Hall–Kier alpha value is -2.09. The van der Waals surface area contributed by atoms with Crippen LogP contribution in [0.1, 0.15) is 56.8 Å². The van der Waals surface area contributed by atoms with Gasteiger partial charge in [0.15, 0.2) is 0 Å². The van der Waals surface area contributed by atoms with Gasteiger partial charge in [-0.1, -0.05) is 6.42 Å². The van der Waals surface area contributed by atoms with Crippen molar-refractivity contribution in [1.29, 1.82) is 0 Å². The molecule has 0 bridgehead atoms. The highest BCUT2D eigenvalue weighted by Gasteiger charge is 2.17. The summed E-state index contributed by atoms with van der Waals surface area (Å²) >= 11 is 1.27. The first-order valence-electron chi connectivity index (χ1n) is 8.46. The highest BCUT2D eigenvalue weighted by Crippen LogP contribution is 2.28. The summed E-state index contributed by atoms with van der Waals surface area (Å²) in [4.78, 5) is 34.8. The molecule has 0 fully saturated rings. The van der Waals surface area contributed by atoms with Crippen molar-refractivity contribution in [1.82, 2.24) is 5.32 Å². The molecule has 0 heterocycles. The van der Waals surface area contributed by atoms with Crippen LogP contribution in [0.3, 0.4) is 0 Å². The molecule has 0 aliphatic carbocycles. The number of unbranched alkanes of at least 4 members (excludes halogenated alkanes) is 2. The summed E-state index contributed by atoms with van der Waals surface area (Å²) < 4.78 is 5.22. The molecular formula is C18H26N2O5S. The van der Waals surface area contributed by atoms with E-state index in [0.717, 1.165) is 12.8 Å². The van der Waals surface area contributed by atoms with Crippen LogP contribution in [0, 0.1) is 10.1 Å². The summed E-state index contributed by atoms with van der Waals surface area (Å²) in [5, 5.41) is 13.8. The number of rotatable bonds is 9. The Labute approximate surface area is 158 Å². The SMILES string of the molecule is CSc1ccc(C(=O)NCCCCCC(=O)OC(C)(C)C)cc1[N+](=O)[O-]. The number of hydrogen-bond acceptors (Lipinski definition) is 6. The van der Waals surface area contributed by atoms with Crippen LogP contribution in [-0.4, -0.2) is 35.2 Å². The van der Waals surface area contributed by atoms with E-state index in [0.29, 0.717) is 24.3 Å². The number of benzene rings is 1. The van der Waals surface area contributed by atoms with Gasteiger partial charge < -0.3 is 10.1 Å². The van der Waals surface area contributed by atoms with Crippen LogP contribution in [-0.2, 0) is 9.53 Å². The van der Waals surface area contributed by atoms with Gasteiger partial charge in [0, 0.05) is 24.6 Å². The molecule has 0 saturated heterocycles. The fourth-order valence-corrected chi connectivity index (χ4v) is 2.79. The fourth-order valence-electron chi connectivity index (χ4n) is 2.24. The zero-order valence-electron chi connectivity index (χ0n) is 15.7. The van der Waals surface area contributed by atoms with Crippen molar-refractivity contribution in [2.24, 2.45) is 0 Å². The molecule has 1 aromatic rings. The van der Waals surface area contributed by atoms with E-state index in [1.165, 1.54) is 17.8 Å². The summed E-state index contributed by atoms with van der Waals surface area (Å²) in [6.45, 7) is 5.94. The second-order valence-electron chi connectivity index (χ2n) is 6.80. The molecule has 0 saturated carbocycles. The van der Waals surface area contributed by atoms with Crippen LogP contribution in [0.5, 0.6) is 0 Å². The van der Waals surface area contributed by atoms with Crippen LogP contribution in [0.2, 0.25) is 0 Å². The van der Waals surface area contributed by atoms with Gasteiger partial charge in [-0.3, -0.25) is 19.7 Å². The smallest absolute Gasteiger partial charge is 0.306 e. The molecule has 1 rings (SSSR count).